The van der Waals surface area contributed by atoms with E-state index in [-0.39, 0.29) is 28.5 Å². The molecule has 2 unspecified atom stereocenters. The first-order valence-electron chi connectivity index (χ1n) is 11.7. The number of benzene rings is 2. The minimum Gasteiger partial charge on any atom is -0.368 e. The van der Waals surface area contributed by atoms with Crippen LogP contribution in [0.3, 0.4) is 0 Å². The molecular weight excluding hydrogens is 404 g/mol. The summed E-state index contributed by atoms with van der Waals surface area (Å²) in [6.45, 7) is 5.09. The van der Waals surface area contributed by atoms with Gasteiger partial charge in [-0.3, -0.25) is 19.8 Å². The van der Waals surface area contributed by atoms with Crippen LogP contribution in [0.2, 0.25) is 0 Å². The Hall–Kier alpha value is -2.93. The molecule has 0 bridgehead atoms. The number of carbonyl (C=O) groups is 1. The van der Waals surface area contributed by atoms with Crippen molar-refractivity contribution >= 4 is 17.3 Å². The Bertz CT molecular complexity index is 988. The molecule has 3 aliphatic heterocycles. The second-order valence-corrected chi connectivity index (χ2v) is 9.22. The molecule has 2 aromatic carbocycles. The van der Waals surface area contributed by atoms with Crippen LogP contribution < -0.4 is 4.90 Å². The predicted octanol–water partition coefficient (Wildman–Crippen LogP) is 3.47. The summed E-state index contributed by atoms with van der Waals surface area (Å²) in [6.07, 6.45) is 3.85. The quantitative estimate of drug-likeness (QED) is 0.544. The Kier molecular flexibility index (Phi) is 5.83. The average Bonchev–Trinajstić information content (AvgIpc) is 2.84. The van der Waals surface area contributed by atoms with Gasteiger partial charge in [-0.05, 0) is 42.9 Å². The predicted molar refractivity (Wildman–Crippen MR) is 124 cm³/mol. The molecule has 0 aliphatic carbocycles. The highest BCUT2D eigenvalue weighted by Crippen LogP contribution is 2.40. The van der Waals surface area contributed by atoms with Gasteiger partial charge in [-0.25, -0.2) is 0 Å². The van der Waals surface area contributed by atoms with Gasteiger partial charge in [-0.1, -0.05) is 30.3 Å². The average molecular weight is 435 g/mol. The molecule has 3 heterocycles. The van der Waals surface area contributed by atoms with Crippen molar-refractivity contribution in [3.05, 3.63) is 69.8 Å². The summed E-state index contributed by atoms with van der Waals surface area (Å²) in [5.74, 6) is 0.101. The molecule has 2 fully saturated rings. The molecule has 2 atom stereocenters. The lowest BCUT2D eigenvalue weighted by Gasteiger charge is -2.47. The molecule has 0 radical (unpaired) electrons. The number of anilines is 1. The van der Waals surface area contributed by atoms with E-state index >= 15 is 0 Å². The van der Waals surface area contributed by atoms with E-state index in [2.05, 4.69) is 34.1 Å². The van der Waals surface area contributed by atoms with Gasteiger partial charge < -0.3 is 9.80 Å². The van der Waals surface area contributed by atoms with Crippen molar-refractivity contribution in [2.24, 2.45) is 5.92 Å². The highest BCUT2D eigenvalue weighted by Gasteiger charge is 2.42. The zero-order valence-electron chi connectivity index (χ0n) is 18.4. The number of hydrogen-bond acceptors (Lipinski definition) is 5. The summed E-state index contributed by atoms with van der Waals surface area (Å²) in [5, 5.41) is 11.3. The molecule has 7 heteroatoms. The summed E-state index contributed by atoms with van der Waals surface area (Å²) in [7, 11) is 0. The Morgan fingerprint density at radius 3 is 2.53 bits per heavy atom. The second kappa shape index (κ2) is 8.90. The topological polar surface area (TPSA) is 69.9 Å². The van der Waals surface area contributed by atoms with E-state index in [1.807, 2.05) is 17.0 Å². The zero-order valence-corrected chi connectivity index (χ0v) is 18.4. The molecule has 3 aliphatic rings. The first-order chi connectivity index (χ1) is 15.6. The molecule has 0 spiro atoms. The largest absolute Gasteiger partial charge is 0.368 e. The molecule has 0 aromatic heterocycles. The molecule has 0 saturated carbocycles. The Balaban J connectivity index is 1.30. The number of carbonyl (C=O) groups excluding carboxylic acids is 1. The third-order valence-electron chi connectivity index (χ3n) is 7.29. The molecular formula is C25H30N4O3. The molecule has 2 saturated heterocycles. The lowest BCUT2D eigenvalue weighted by atomic mass is 9.80. The first-order valence-corrected chi connectivity index (χ1v) is 11.7. The van der Waals surface area contributed by atoms with E-state index in [4.69, 9.17) is 0 Å². The van der Waals surface area contributed by atoms with Crippen LogP contribution in [0.15, 0.2) is 48.5 Å². The van der Waals surface area contributed by atoms with Gasteiger partial charge in [-0.15, -0.1) is 0 Å². The smallest absolute Gasteiger partial charge is 0.269 e. The number of nitro benzene ring substituents is 1. The summed E-state index contributed by atoms with van der Waals surface area (Å²) < 4.78 is 0. The van der Waals surface area contributed by atoms with E-state index in [1.165, 1.54) is 5.56 Å². The number of hydrogen-bond donors (Lipinski definition) is 0. The standard InChI is InChI=1S/C25H30N4O3/c30-25(27-14-12-26(13-15-27)18-19-6-2-1-3-7-19)22-17-20-16-21(29(31)32)9-10-23(20)28-11-5-4-8-24(22)28/h1-3,6-7,9-10,16,22,24H,4-5,8,11-15,17-18H2. The minimum atomic E-state index is -0.342. The van der Waals surface area contributed by atoms with E-state index in [1.54, 1.807) is 12.1 Å². The van der Waals surface area contributed by atoms with Gasteiger partial charge in [0.25, 0.3) is 5.69 Å². The molecule has 7 nitrogen and oxygen atoms in total. The fourth-order valence-corrected chi connectivity index (χ4v) is 5.63. The lowest BCUT2D eigenvalue weighted by Crippen LogP contribution is -2.56. The van der Waals surface area contributed by atoms with E-state index in [9.17, 15) is 14.9 Å². The summed E-state index contributed by atoms with van der Waals surface area (Å²) in [4.78, 5) is 31.4. The van der Waals surface area contributed by atoms with Crippen LogP contribution in [0.1, 0.15) is 30.4 Å². The van der Waals surface area contributed by atoms with Crippen molar-refractivity contribution in [2.75, 3.05) is 37.6 Å². The van der Waals surface area contributed by atoms with Gasteiger partial charge in [0.15, 0.2) is 0 Å². The lowest BCUT2D eigenvalue weighted by molar-refractivity contribution is -0.384. The van der Waals surface area contributed by atoms with E-state index < -0.39 is 0 Å². The van der Waals surface area contributed by atoms with Gasteiger partial charge >= 0.3 is 0 Å². The molecule has 0 N–H and O–H groups in total. The number of non-ortho nitro benzene ring substituents is 1. The van der Waals surface area contributed by atoms with E-state index in [0.29, 0.717) is 6.42 Å². The number of rotatable bonds is 4. The molecule has 32 heavy (non-hydrogen) atoms. The number of piperidine rings is 1. The molecule has 5 rings (SSSR count). The summed E-state index contributed by atoms with van der Waals surface area (Å²) in [5.41, 5.74) is 3.44. The van der Waals surface area contributed by atoms with Gasteiger partial charge in [0.1, 0.15) is 0 Å². The Labute approximate surface area is 188 Å². The van der Waals surface area contributed by atoms with Crippen LogP contribution in [0.25, 0.3) is 0 Å². The van der Waals surface area contributed by atoms with Crippen molar-refractivity contribution < 1.29 is 9.72 Å². The van der Waals surface area contributed by atoms with Gasteiger partial charge in [0.2, 0.25) is 5.91 Å². The van der Waals surface area contributed by atoms with Crippen LogP contribution in [0, 0.1) is 16.0 Å². The third-order valence-corrected chi connectivity index (χ3v) is 7.29. The number of nitrogens with zero attached hydrogens (tertiary/aromatic N) is 4. The van der Waals surface area contributed by atoms with Crippen LogP contribution in [-0.4, -0.2) is 59.4 Å². The Morgan fingerprint density at radius 1 is 1.00 bits per heavy atom. The summed E-state index contributed by atoms with van der Waals surface area (Å²) >= 11 is 0. The normalized spacial score (nSPS) is 23.4. The number of piperazine rings is 1. The van der Waals surface area contributed by atoms with Crippen LogP contribution >= 0.6 is 0 Å². The van der Waals surface area contributed by atoms with Crippen molar-refractivity contribution in [3.63, 3.8) is 0 Å². The van der Waals surface area contributed by atoms with E-state index in [0.717, 1.165) is 69.8 Å². The molecule has 1 amide bonds. The maximum atomic E-state index is 13.6. The van der Waals surface area contributed by atoms with Gasteiger partial charge in [0.05, 0.1) is 10.8 Å². The SMILES string of the molecule is O=C(C1Cc2cc([N+](=O)[O-])ccc2N2CCCCC12)N1CCN(Cc2ccccc2)CC1. The fourth-order valence-electron chi connectivity index (χ4n) is 5.63. The maximum Gasteiger partial charge on any atom is 0.269 e. The van der Waals surface area contributed by atoms with Crippen molar-refractivity contribution in [3.8, 4) is 0 Å². The Morgan fingerprint density at radius 2 is 1.78 bits per heavy atom. The van der Waals surface area contributed by atoms with Crippen molar-refractivity contribution in [1.82, 2.24) is 9.80 Å². The monoisotopic (exact) mass is 434 g/mol. The van der Waals surface area contributed by atoms with Crippen LogP contribution in [-0.2, 0) is 17.8 Å². The molecule has 168 valence electrons. The van der Waals surface area contributed by atoms with Crippen LogP contribution in [0.5, 0.6) is 0 Å². The maximum absolute atomic E-state index is 13.6. The second-order valence-electron chi connectivity index (χ2n) is 9.22. The minimum absolute atomic E-state index is 0.111. The zero-order chi connectivity index (χ0) is 22.1. The first kappa shape index (κ1) is 20.9. The van der Waals surface area contributed by atoms with Gasteiger partial charge in [0, 0.05) is 63.1 Å². The van der Waals surface area contributed by atoms with Gasteiger partial charge in [-0.2, -0.15) is 0 Å². The summed E-state index contributed by atoms with van der Waals surface area (Å²) in [6, 6.07) is 15.8. The third kappa shape index (κ3) is 4.09. The van der Waals surface area contributed by atoms with Crippen molar-refractivity contribution in [2.45, 2.75) is 38.3 Å². The highest BCUT2D eigenvalue weighted by molar-refractivity contribution is 5.82. The number of fused-ring (bicyclic) bond motifs is 3. The number of nitro groups is 1. The molecule has 2 aromatic rings. The van der Waals surface area contributed by atoms with Crippen molar-refractivity contribution in [1.29, 1.82) is 0 Å². The highest BCUT2D eigenvalue weighted by atomic mass is 16.6. The van der Waals surface area contributed by atoms with Crippen LogP contribution in [0.4, 0.5) is 11.4 Å². The fraction of sp³-hybridized carbons (Fsp3) is 0.480. The number of amides is 1.